The van der Waals surface area contributed by atoms with Gasteiger partial charge in [-0.25, -0.2) is 0 Å². The Morgan fingerprint density at radius 1 is 1.19 bits per heavy atom. The summed E-state index contributed by atoms with van der Waals surface area (Å²) in [6.07, 6.45) is 7.41. The molecule has 1 heterocycles. The third-order valence-electron chi connectivity index (χ3n) is 4.57. The Labute approximate surface area is 164 Å². The molecule has 1 aromatic heterocycles. The quantitative estimate of drug-likeness (QED) is 0.689. The molecule has 1 aliphatic rings. The minimum atomic E-state index is -0.0824. The smallest absolute Gasteiger partial charge is 0.258 e. The predicted octanol–water partition coefficient (Wildman–Crippen LogP) is 4.21. The van der Waals surface area contributed by atoms with Gasteiger partial charge in [-0.1, -0.05) is 37.5 Å². The van der Waals surface area contributed by atoms with E-state index in [1.807, 2.05) is 24.3 Å². The van der Waals surface area contributed by atoms with E-state index >= 15 is 0 Å². The molecule has 3 rings (SSSR count). The molecule has 0 saturated heterocycles. The Morgan fingerprint density at radius 3 is 2.70 bits per heavy atom. The van der Waals surface area contributed by atoms with Crippen LogP contribution in [0.4, 0.5) is 0 Å². The second-order valence-corrected chi connectivity index (χ2v) is 7.67. The average molecular weight is 387 g/mol. The van der Waals surface area contributed by atoms with Crippen LogP contribution in [0.2, 0.25) is 0 Å². The number of pyridine rings is 1. The molecule has 0 bridgehead atoms. The highest BCUT2D eigenvalue weighted by Crippen LogP contribution is 2.29. The first-order valence-electron chi connectivity index (χ1n) is 9.37. The zero-order chi connectivity index (χ0) is 18.9. The molecule has 6 heteroatoms. The second kappa shape index (κ2) is 10.2. The van der Waals surface area contributed by atoms with Crippen LogP contribution in [0, 0.1) is 0 Å². The summed E-state index contributed by atoms with van der Waals surface area (Å²) in [6.45, 7) is -0.0118. The molecule has 0 unspecified atom stereocenters. The number of rotatable bonds is 8. The summed E-state index contributed by atoms with van der Waals surface area (Å²) in [4.78, 5) is 17.8. The maximum absolute atomic E-state index is 12.2. The zero-order valence-corrected chi connectivity index (χ0v) is 16.5. The van der Waals surface area contributed by atoms with Crippen molar-refractivity contribution in [1.29, 1.82) is 0 Å². The van der Waals surface area contributed by atoms with E-state index in [0.717, 1.165) is 24.3 Å². The van der Waals surface area contributed by atoms with Crippen molar-refractivity contribution in [3.63, 3.8) is 0 Å². The minimum Gasteiger partial charge on any atom is -0.491 e. The summed E-state index contributed by atoms with van der Waals surface area (Å²) >= 11 is 1.71. The number of benzene rings is 1. The van der Waals surface area contributed by atoms with Gasteiger partial charge in [0, 0.05) is 22.8 Å². The van der Waals surface area contributed by atoms with E-state index in [1.54, 1.807) is 25.1 Å². The van der Waals surface area contributed by atoms with Gasteiger partial charge in [-0.05, 0) is 25.0 Å². The van der Waals surface area contributed by atoms with E-state index in [4.69, 9.17) is 9.47 Å². The third kappa shape index (κ3) is 6.17. The number of hydrogen-bond acceptors (Lipinski definition) is 5. The van der Waals surface area contributed by atoms with Gasteiger partial charge >= 0.3 is 0 Å². The molecule has 144 valence electrons. The number of methoxy groups -OCH3 is 1. The van der Waals surface area contributed by atoms with E-state index in [9.17, 15) is 4.79 Å². The molecule has 1 aliphatic carbocycles. The Hall–Kier alpha value is -2.21. The number of nitrogens with zero attached hydrogens (tertiary/aromatic N) is 1. The fraction of sp³-hybridized carbons (Fsp3) is 0.429. The standard InChI is InChI=1S/C21H26N2O3S/c1-25-20-13-22-17(15-27-18-10-6-3-7-11-18)12-19(20)26-14-21(24)23-16-8-4-2-5-9-16/h3,6-7,10-13,16H,2,4-5,8-9,14-15H2,1H3,(H,23,24). The Balaban J connectivity index is 1.55. The summed E-state index contributed by atoms with van der Waals surface area (Å²) in [5.74, 6) is 1.73. The van der Waals surface area contributed by atoms with Gasteiger partial charge in [-0.2, -0.15) is 0 Å². The average Bonchev–Trinajstić information content (AvgIpc) is 2.72. The van der Waals surface area contributed by atoms with Crippen molar-refractivity contribution in [1.82, 2.24) is 10.3 Å². The molecule has 0 spiro atoms. The van der Waals surface area contributed by atoms with E-state index < -0.39 is 0 Å². The Kier molecular flexibility index (Phi) is 7.39. The van der Waals surface area contributed by atoms with E-state index in [1.165, 1.54) is 24.2 Å². The van der Waals surface area contributed by atoms with Crippen LogP contribution in [-0.2, 0) is 10.5 Å². The molecule has 0 atom stereocenters. The second-order valence-electron chi connectivity index (χ2n) is 6.62. The molecule has 0 aliphatic heterocycles. The zero-order valence-electron chi connectivity index (χ0n) is 15.6. The summed E-state index contributed by atoms with van der Waals surface area (Å²) in [7, 11) is 1.57. The fourth-order valence-corrected chi connectivity index (χ4v) is 3.97. The van der Waals surface area contributed by atoms with E-state index in [0.29, 0.717) is 11.5 Å². The van der Waals surface area contributed by atoms with Crippen LogP contribution in [-0.4, -0.2) is 30.6 Å². The van der Waals surface area contributed by atoms with Crippen LogP contribution in [0.15, 0.2) is 47.5 Å². The molecule has 5 nitrogen and oxygen atoms in total. The van der Waals surface area contributed by atoms with Gasteiger partial charge in [0.05, 0.1) is 19.0 Å². The SMILES string of the molecule is COc1cnc(CSc2ccccc2)cc1OCC(=O)NC1CCCCC1. The lowest BCUT2D eigenvalue weighted by Gasteiger charge is -2.22. The highest BCUT2D eigenvalue weighted by molar-refractivity contribution is 7.98. The summed E-state index contributed by atoms with van der Waals surface area (Å²) in [5, 5.41) is 3.06. The lowest BCUT2D eigenvalue weighted by Crippen LogP contribution is -2.39. The van der Waals surface area contributed by atoms with Gasteiger partial charge in [0.1, 0.15) is 0 Å². The van der Waals surface area contributed by atoms with Gasteiger partial charge in [-0.15, -0.1) is 11.8 Å². The predicted molar refractivity (Wildman–Crippen MR) is 107 cm³/mol. The molecule has 0 radical (unpaired) electrons. The molecule has 1 N–H and O–H groups in total. The molecule has 2 aromatic rings. The van der Waals surface area contributed by atoms with Crippen molar-refractivity contribution in [3.05, 3.63) is 48.3 Å². The number of carbonyl (C=O) groups is 1. The summed E-state index contributed by atoms with van der Waals surface area (Å²) in [5.41, 5.74) is 0.882. The lowest BCUT2D eigenvalue weighted by molar-refractivity contribution is -0.124. The van der Waals surface area contributed by atoms with Crippen LogP contribution >= 0.6 is 11.8 Å². The number of aromatic nitrogens is 1. The molecule has 1 amide bonds. The third-order valence-corrected chi connectivity index (χ3v) is 5.61. The van der Waals surface area contributed by atoms with Crippen molar-refractivity contribution in [2.45, 2.75) is 48.8 Å². The van der Waals surface area contributed by atoms with E-state index in [2.05, 4.69) is 22.4 Å². The van der Waals surface area contributed by atoms with Gasteiger partial charge in [0.25, 0.3) is 5.91 Å². The Morgan fingerprint density at radius 2 is 1.96 bits per heavy atom. The van der Waals surface area contributed by atoms with Gasteiger partial charge in [0.2, 0.25) is 0 Å². The largest absolute Gasteiger partial charge is 0.491 e. The maximum atomic E-state index is 12.2. The monoisotopic (exact) mass is 386 g/mol. The first-order valence-corrected chi connectivity index (χ1v) is 10.4. The summed E-state index contributed by atoms with van der Waals surface area (Å²) < 4.78 is 11.1. The van der Waals surface area contributed by atoms with E-state index in [-0.39, 0.29) is 18.6 Å². The molecular formula is C21H26N2O3S. The number of ether oxygens (including phenoxy) is 2. The number of amides is 1. The molecule has 1 saturated carbocycles. The normalized spacial score (nSPS) is 14.6. The highest BCUT2D eigenvalue weighted by atomic mass is 32.2. The maximum Gasteiger partial charge on any atom is 0.258 e. The van der Waals surface area contributed by atoms with Crippen molar-refractivity contribution in [3.8, 4) is 11.5 Å². The first-order chi connectivity index (χ1) is 13.2. The number of thioether (sulfide) groups is 1. The van der Waals surface area contributed by atoms with Crippen molar-refractivity contribution >= 4 is 17.7 Å². The van der Waals surface area contributed by atoms with Crippen LogP contribution < -0.4 is 14.8 Å². The first kappa shape index (κ1) is 19.5. The number of carbonyl (C=O) groups excluding carboxylic acids is 1. The van der Waals surface area contributed by atoms with Crippen LogP contribution in [0.3, 0.4) is 0 Å². The van der Waals surface area contributed by atoms with Crippen LogP contribution in [0.5, 0.6) is 11.5 Å². The topological polar surface area (TPSA) is 60.5 Å². The van der Waals surface area contributed by atoms with Crippen molar-refractivity contribution in [2.75, 3.05) is 13.7 Å². The number of nitrogens with one attached hydrogen (secondary N) is 1. The summed E-state index contributed by atoms with van der Waals surface area (Å²) in [6, 6.07) is 12.3. The molecule has 1 fully saturated rings. The minimum absolute atomic E-state index is 0.0118. The highest BCUT2D eigenvalue weighted by Gasteiger charge is 2.16. The fourth-order valence-electron chi connectivity index (χ4n) is 3.14. The van der Waals surface area contributed by atoms with Gasteiger partial charge in [-0.3, -0.25) is 9.78 Å². The Bertz CT molecular complexity index is 733. The van der Waals surface area contributed by atoms with Gasteiger partial charge in [0.15, 0.2) is 18.1 Å². The molecule has 1 aromatic carbocycles. The van der Waals surface area contributed by atoms with Crippen molar-refractivity contribution < 1.29 is 14.3 Å². The van der Waals surface area contributed by atoms with Crippen molar-refractivity contribution in [2.24, 2.45) is 0 Å². The lowest BCUT2D eigenvalue weighted by atomic mass is 9.95. The van der Waals surface area contributed by atoms with Crippen LogP contribution in [0.1, 0.15) is 37.8 Å². The number of hydrogen-bond donors (Lipinski definition) is 1. The molecule has 27 heavy (non-hydrogen) atoms. The van der Waals surface area contributed by atoms with Gasteiger partial charge < -0.3 is 14.8 Å². The molecular weight excluding hydrogens is 360 g/mol. The van der Waals surface area contributed by atoms with Crippen LogP contribution in [0.25, 0.3) is 0 Å².